The number of nitrogens with zero attached hydrogens (tertiary/aromatic N) is 1. The van der Waals surface area contributed by atoms with Crippen LogP contribution in [-0.2, 0) is 9.53 Å². The molecule has 3 unspecified atom stereocenters. The first-order valence-electron chi connectivity index (χ1n) is 10.3. The van der Waals surface area contributed by atoms with Crippen molar-refractivity contribution in [1.29, 1.82) is 0 Å². The van der Waals surface area contributed by atoms with Gasteiger partial charge in [-0.3, -0.25) is 9.69 Å². The summed E-state index contributed by atoms with van der Waals surface area (Å²) in [5.74, 6) is 1.63. The quantitative estimate of drug-likeness (QED) is 0.700. The Morgan fingerprint density at radius 1 is 1.13 bits per heavy atom. The van der Waals surface area contributed by atoms with Crippen molar-refractivity contribution in [2.24, 2.45) is 11.7 Å². The molecule has 30 heavy (non-hydrogen) atoms. The molecule has 3 atom stereocenters. The lowest BCUT2D eigenvalue weighted by Gasteiger charge is -2.28. The Morgan fingerprint density at radius 2 is 1.87 bits per heavy atom. The Bertz CT molecular complexity index is 886. The molecule has 0 aromatic heterocycles. The minimum Gasteiger partial charge on any atom is -0.497 e. The minimum atomic E-state index is -0.356. The number of benzene rings is 2. The van der Waals surface area contributed by atoms with E-state index in [-0.39, 0.29) is 30.6 Å². The summed E-state index contributed by atoms with van der Waals surface area (Å²) in [4.78, 5) is 15.4. The van der Waals surface area contributed by atoms with E-state index in [1.54, 1.807) is 7.11 Å². The van der Waals surface area contributed by atoms with Gasteiger partial charge in [-0.25, -0.2) is 0 Å². The van der Waals surface area contributed by atoms with Crippen molar-refractivity contribution in [1.82, 2.24) is 4.90 Å². The summed E-state index contributed by atoms with van der Waals surface area (Å²) >= 11 is 0. The van der Waals surface area contributed by atoms with Gasteiger partial charge in [-0.05, 0) is 42.3 Å². The molecule has 0 amide bonds. The summed E-state index contributed by atoms with van der Waals surface area (Å²) in [7, 11) is 1.64. The molecule has 0 bridgehead atoms. The van der Waals surface area contributed by atoms with Crippen LogP contribution in [0.5, 0.6) is 17.2 Å². The predicted molar refractivity (Wildman–Crippen MR) is 112 cm³/mol. The van der Waals surface area contributed by atoms with Gasteiger partial charge in [0.1, 0.15) is 5.75 Å². The Labute approximate surface area is 176 Å². The molecule has 0 saturated carbocycles. The summed E-state index contributed by atoms with van der Waals surface area (Å²) in [6, 6.07) is 13.7. The molecule has 160 valence electrons. The Balaban J connectivity index is 1.74. The zero-order chi connectivity index (χ0) is 21.1. The number of esters is 1. The molecular formula is C23H28N2O5. The van der Waals surface area contributed by atoms with E-state index >= 15 is 0 Å². The minimum absolute atomic E-state index is 0.0443. The molecule has 2 aromatic carbocycles. The highest BCUT2D eigenvalue weighted by Gasteiger charge is 2.47. The first-order valence-corrected chi connectivity index (χ1v) is 10.3. The molecule has 0 radical (unpaired) electrons. The van der Waals surface area contributed by atoms with Crippen molar-refractivity contribution in [3.05, 3.63) is 53.6 Å². The second kappa shape index (κ2) is 8.93. The maximum absolute atomic E-state index is 13.2. The van der Waals surface area contributed by atoms with Crippen LogP contribution in [0.3, 0.4) is 0 Å². The lowest BCUT2D eigenvalue weighted by molar-refractivity contribution is -0.149. The van der Waals surface area contributed by atoms with Crippen LogP contribution in [0.15, 0.2) is 42.5 Å². The van der Waals surface area contributed by atoms with E-state index in [9.17, 15) is 4.79 Å². The third kappa shape index (κ3) is 3.82. The van der Waals surface area contributed by atoms with Gasteiger partial charge in [0.2, 0.25) is 6.79 Å². The molecule has 2 heterocycles. The van der Waals surface area contributed by atoms with E-state index in [2.05, 4.69) is 4.90 Å². The molecule has 7 heteroatoms. The first kappa shape index (κ1) is 20.5. The fourth-order valence-electron chi connectivity index (χ4n) is 4.53. The number of hydrogen-bond acceptors (Lipinski definition) is 7. The molecule has 7 nitrogen and oxygen atoms in total. The van der Waals surface area contributed by atoms with E-state index in [1.807, 2.05) is 49.4 Å². The third-order valence-electron chi connectivity index (χ3n) is 5.86. The fourth-order valence-corrected chi connectivity index (χ4v) is 4.53. The zero-order valence-corrected chi connectivity index (χ0v) is 17.4. The van der Waals surface area contributed by atoms with E-state index < -0.39 is 0 Å². The Hall–Kier alpha value is -2.77. The van der Waals surface area contributed by atoms with Crippen LogP contribution < -0.4 is 19.9 Å². The van der Waals surface area contributed by atoms with Gasteiger partial charge in [-0.15, -0.1) is 0 Å². The second-order valence-electron chi connectivity index (χ2n) is 7.50. The van der Waals surface area contributed by atoms with Crippen LogP contribution in [0.2, 0.25) is 0 Å². The van der Waals surface area contributed by atoms with Crippen molar-refractivity contribution in [3.63, 3.8) is 0 Å². The van der Waals surface area contributed by atoms with Crippen molar-refractivity contribution >= 4 is 5.97 Å². The van der Waals surface area contributed by atoms with Crippen LogP contribution >= 0.6 is 0 Å². The van der Waals surface area contributed by atoms with Gasteiger partial charge < -0.3 is 24.7 Å². The number of rotatable bonds is 7. The fraction of sp³-hybridized carbons (Fsp3) is 0.435. The van der Waals surface area contributed by atoms with Crippen molar-refractivity contribution in [2.75, 3.05) is 40.1 Å². The molecule has 1 fully saturated rings. The number of carbonyl (C=O) groups excluding carboxylic acids is 1. The largest absolute Gasteiger partial charge is 0.497 e. The van der Waals surface area contributed by atoms with E-state index in [4.69, 9.17) is 24.7 Å². The highest BCUT2D eigenvalue weighted by atomic mass is 16.7. The van der Waals surface area contributed by atoms with Crippen LogP contribution in [0.25, 0.3) is 0 Å². The lowest BCUT2D eigenvalue weighted by atomic mass is 9.82. The van der Waals surface area contributed by atoms with Crippen LogP contribution in [0.1, 0.15) is 30.0 Å². The molecule has 2 aromatic rings. The van der Waals surface area contributed by atoms with Crippen LogP contribution in [0, 0.1) is 5.92 Å². The maximum Gasteiger partial charge on any atom is 0.311 e. The average molecular weight is 412 g/mol. The number of likely N-dealkylation sites (tertiary alicyclic amines) is 1. The van der Waals surface area contributed by atoms with E-state index in [0.29, 0.717) is 32.0 Å². The number of methoxy groups -OCH3 is 1. The molecule has 2 aliphatic rings. The van der Waals surface area contributed by atoms with Crippen LogP contribution in [0.4, 0.5) is 0 Å². The van der Waals surface area contributed by atoms with E-state index in [0.717, 1.165) is 22.6 Å². The summed E-state index contributed by atoms with van der Waals surface area (Å²) in [5.41, 5.74) is 8.00. The normalized spacial score (nSPS) is 22.8. The van der Waals surface area contributed by atoms with Gasteiger partial charge >= 0.3 is 5.97 Å². The Morgan fingerprint density at radius 3 is 2.57 bits per heavy atom. The zero-order valence-electron chi connectivity index (χ0n) is 17.4. The third-order valence-corrected chi connectivity index (χ3v) is 5.86. The predicted octanol–water partition coefficient (Wildman–Crippen LogP) is 2.70. The SMILES string of the molecule is CCOC(=O)C1C(c2ccc3c(c2)OCO3)CN(CCN)C1c1ccc(OC)cc1. The van der Waals surface area contributed by atoms with Crippen molar-refractivity contribution in [2.45, 2.75) is 18.9 Å². The molecule has 2 aliphatic heterocycles. The van der Waals surface area contributed by atoms with Gasteiger partial charge in [0.25, 0.3) is 0 Å². The maximum atomic E-state index is 13.2. The number of hydrogen-bond donors (Lipinski definition) is 1. The lowest BCUT2D eigenvalue weighted by Crippen LogP contribution is -2.33. The average Bonchev–Trinajstić information content (AvgIpc) is 3.38. The molecular weight excluding hydrogens is 384 g/mol. The van der Waals surface area contributed by atoms with Gasteiger partial charge in [0.05, 0.1) is 19.6 Å². The summed E-state index contributed by atoms with van der Waals surface area (Å²) < 4.78 is 21.8. The number of carbonyl (C=O) groups is 1. The van der Waals surface area contributed by atoms with Gasteiger partial charge in [0.15, 0.2) is 11.5 Å². The molecule has 4 rings (SSSR count). The number of ether oxygens (including phenoxy) is 4. The topological polar surface area (TPSA) is 83.3 Å². The highest BCUT2D eigenvalue weighted by molar-refractivity contribution is 5.76. The number of nitrogens with two attached hydrogens (primary N) is 1. The van der Waals surface area contributed by atoms with Gasteiger partial charge in [-0.1, -0.05) is 18.2 Å². The molecule has 2 N–H and O–H groups in total. The second-order valence-corrected chi connectivity index (χ2v) is 7.50. The summed E-state index contributed by atoms with van der Waals surface area (Å²) in [6.45, 7) is 4.30. The monoisotopic (exact) mass is 412 g/mol. The van der Waals surface area contributed by atoms with Crippen molar-refractivity contribution in [3.8, 4) is 17.2 Å². The van der Waals surface area contributed by atoms with Gasteiger partial charge in [0, 0.05) is 31.6 Å². The van der Waals surface area contributed by atoms with Gasteiger partial charge in [-0.2, -0.15) is 0 Å². The van der Waals surface area contributed by atoms with E-state index in [1.165, 1.54) is 0 Å². The van der Waals surface area contributed by atoms with Crippen LogP contribution in [-0.4, -0.2) is 51.0 Å². The standard InChI is InChI=1S/C23H28N2O5/c1-3-28-23(26)21-18(16-6-9-19-20(12-16)30-14-29-19)13-25(11-10-24)22(21)15-4-7-17(27-2)8-5-15/h4-9,12,18,21-22H,3,10-11,13-14,24H2,1-2H3. The highest BCUT2D eigenvalue weighted by Crippen LogP contribution is 2.48. The summed E-state index contributed by atoms with van der Waals surface area (Å²) in [5, 5.41) is 0. The van der Waals surface area contributed by atoms with Crippen molar-refractivity contribution < 1.29 is 23.7 Å². The molecule has 0 aliphatic carbocycles. The number of fused-ring (bicyclic) bond motifs is 1. The molecule has 1 saturated heterocycles. The first-order chi connectivity index (χ1) is 14.7. The summed E-state index contributed by atoms with van der Waals surface area (Å²) in [6.07, 6.45) is 0. The smallest absolute Gasteiger partial charge is 0.311 e. The molecule has 0 spiro atoms. The Kier molecular flexibility index (Phi) is 6.11.